The fraction of sp³-hybridized carbons (Fsp3) is 0.458. The summed E-state index contributed by atoms with van der Waals surface area (Å²) in [6.07, 6.45) is -0.363. The molecule has 0 fully saturated rings. The zero-order chi connectivity index (χ0) is 22.1. The number of carbonyl (C=O) groups excluding carboxylic acids is 1. The Morgan fingerprint density at radius 2 is 1.40 bits per heavy atom. The molecule has 0 amide bonds. The van der Waals surface area contributed by atoms with Crippen molar-refractivity contribution in [3.05, 3.63) is 53.6 Å². The first-order valence-electron chi connectivity index (χ1n) is 10.4. The Morgan fingerprint density at radius 3 is 1.83 bits per heavy atom. The van der Waals surface area contributed by atoms with Gasteiger partial charge < -0.3 is 23.4 Å². The maximum Gasteiger partial charge on any atom is 0.339 e. The third-order valence-electron chi connectivity index (χ3n) is 5.89. The molecule has 0 saturated carbocycles. The molecule has 30 heavy (non-hydrogen) atoms. The normalized spacial score (nSPS) is 12.2. The molecule has 2 aromatic carbocycles. The van der Waals surface area contributed by atoms with Crippen LogP contribution in [0, 0.1) is 0 Å². The number of hydrogen-bond acceptors (Lipinski definition) is 5. The fourth-order valence-corrected chi connectivity index (χ4v) is 3.68. The largest absolute Gasteiger partial charge is 0.493 e. The van der Waals surface area contributed by atoms with E-state index in [9.17, 15) is 4.79 Å². The van der Waals surface area contributed by atoms with Crippen LogP contribution >= 0.6 is 0 Å². The van der Waals surface area contributed by atoms with Crippen LogP contribution in [0.2, 0.25) is 0 Å². The van der Waals surface area contributed by atoms with Crippen LogP contribution in [0.3, 0.4) is 0 Å². The zero-order valence-electron chi connectivity index (χ0n) is 18.9. The van der Waals surface area contributed by atoms with Gasteiger partial charge >= 0.3 is 5.97 Å². The molecule has 6 nitrogen and oxygen atoms in total. The lowest BCUT2D eigenvalue weighted by molar-refractivity contribution is -0.926. The van der Waals surface area contributed by atoms with Gasteiger partial charge in [0, 0.05) is 0 Å². The highest BCUT2D eigenvalue weighted by Crippen LogP contribution is 2.38. The highest BCUT2D eigenvalue weighted by molar-refractivity contribution is 5.91. The van der Waals surface area contributed by atoms with Crippen LogP contribution in [0.4, 0.5) is 0 Å². The van der Waals surface area contributed by atoms with E-state index in [1.807, 2.05) is 30.3 Å². The van der Waals surface area contributed by atoms with Gasteiger partial charge in [-0.2, -0.15) is 0 Å². The Hall–Kier alpha value is -2.73. The van der Waals surface area contributed by atoms with E-state index in [0.717, 1.165) is 29.7 Å². The number of ether oxygens (including phenoxy) is 4. The summed E-state index contributed by atoms with van der Waals surface area (Å²) in [4.78, 5) is 13.1. The third kappa shape index (κ3) is 5.25. The van der Waals surface area contributed by atoms with Gasteiger partial charge in [0.2, 0.25) is 5.75 Å². The van der Waals surface area contributed by atoms with Crippen LogP contribution in [0.15, 0.2) is 42.5 Å². The molecule has 0 saturated heterocycles. The van der Waals surface area contributed by atoms with Crippen molar-refractivity contribution in [2.75, 3.05) is 47.5 Å². The maximum absolute atomic E-state index is 13.1. The van der Waals surface area contributed by atoms with Crippen LogP contribution < -0.4 is 14.2 Å². The predicted molar refractivity (Wildman–Crippen MR) is 117 cm³/mol. The minimum atomic E-state index is -0.426. The van der Waals surface area contributed by atoms with Crippen LogP contribution in [0.5, 0.6) is 17.2 Å². The lowest BCUT2D eigenvalue weighted by atomic mass is 10.1. The Balaban J connectivity index is 2.39. The summed E-state index contributed by atoms with van der Waals surface area (Å²) < 4.78 is 23.0. The summed E-state index contributed by atoms with van der Waals surface area (Å²) in [5, 5.41) is 0. The SMILES string of the molecule is CC[N+](CC)(CC)CC(OC(=O)c1cc(OC)c(OC)c(OC)c1)c1ccccc1. The topological polar surface area (TPSA) is 54.0 Å². The van der Waals surface area contributed by atoms with Crippen molar-refractivity contribution in [1.29, 1.82) is 0 Å². The first kappa shape index (κ1) is 23.5. The van der Waals surface area contributed by atoms with E-state index >= 15 is 0 Å². The Morgan fingerprint density at radius 1 is 0.867 bits per heavy atom. The Bertz CT molecular complexity index is 784. The maximum atomic E-state index is 13.1. The van der Waals surface area contributed by atoms with Gasteiger partial charge in [-0.05, 0) is 38.5 Å². The van der Waals surface area contributed by atoms with Crippen LogP contribution in [-0.4, -0.2) is 58.0 Å². The Kier molecular flexibility index (Phi) is 8.54. The summed E-state index contributed by atoms with van der Waals surface area (Å²) in [6, 6.07) is 13.1. The van der Waals surface area contributed by atoms with E-state index < -0.39 is 5.97 Å². The number of carbonyl (C=O) groups is 1. The molecule has 0 heterocycles. The number of likely N-dealkylation sites (N-methyl/N-ethyl adjacent to an activating group) is 1. The second-order valence-corrected chi connectivity index (χ2v) is 7.19. The molecular formula is C24H34NO5+. The van der Waals surface area contributed by atoms with E-state index in [-0.39, 0.29) is 6.10 Å². The van der Waals surface area contributed by atoms with Crippen LogP contribution in [0.25, 0.3) is 0 Å². The van der Waals surface area contributed by atoms with E-state index in [4.69, 9.17) is 18.9 Å². The molecule has 164 valence electrons. The molecule has 6 heteroatoms. The van der Waals surface area contributed by atoms with Crippen LogP contribution in [0.1, 0.15) is 42.8 Å². The number of nitrogens with zero attached hydrogens (tertiary/aromatic N) is 1. The van der Waals surface area contributed by atoms with Gasteiger partial charge in [-0.1, -0.05) is 30.3 Å². The number of rotatable bonds is 11. The summed E-state index contributed by atoms with van der Waals surface area (Å²) in [5.74, 6) is 0.848. The van der Waals surface area contributed by atoms with Crippen molar-refractivity contribution in [3.8, 4) is 17.2 Å². The number of quaternary nitrogens is 1. The van der Waals surface area contributed by atoms with Crippen molar-refractivity contribution >= 4 is 5.97 Å². The summed E-state index contributed by atoms with van der Waals surface area (Å²) in [6.45, 7) is 10.2. The molecule has 2 rings (SSSR count). The van der Waals surface area contributed by atoms with Gasteiger partial charge in [-0.15, -0.1) is 0 Å². The van der Waals surface area contributed by atoms with Crippen molar-refractivity contribution in [3.63, 3.8) is 0 Å². The van der Waals surface area contributed by atoms with Gasteiger partial charge in [0.05, 0.1) is 46.5 Å². The lowest BCUT2D eigenvalue weighted by Crippen LogP contribution is -2.50. The average molecular weight is 417 g/mol. The average Bonchev–Trinajstić information content (AvgIpc) is 2.81. The predicted octanol–water partition coefficient (Wildman–Crippen LogP) is 4.49. The van der Waals surface area contributed by atoms with Gasteiger partial charge in [0.1, 0.15) is 6.54 Å². The molecule has 1 atom stereocenters. The molecule has 0 aliphatic carbocycles. The van der Waals surface area contributed by atoms with Gasteiger partial charge in [-0.25, -0.2) is 4.79 Å². The molecule has 0 aliphatic heterocycles. The van der Waals surface area contributed by atoms with Gasteiger partial charge in [0.15, 0.2) is 17.6 Å². The monoisotopic (exact) mass is 416 g/mol. The summed E-state index contributed by atoms with van der Waals surface area (Å²) in [5.41, 5.74) is 1.34. The van der Waals surface area contributed by atoms with Crippen molar-refractivity contribution < 1.29 is 28.2 Å². The molecule has 1 unspecified atom stereocenters. The van der Waals surface area contributed by atoms with Gasteiger partial charge in [0.25, 0.3) is 0 Å². The van der Waals surface area contributed by atoms with E-state index in [0.29, 0.717) is 29.4 Å². The standard InChI is InChI=1S/C24H34NO5/c1-7-25(8-2,9-3)17-22(18-13-11-10-12-14-18)30-24(26)19-15-20(27-4)23(29-6)21(16-19)28-5/h10-16,22H,7-9,17H2,1-6H3/q+1. The summed E-state index contributed by atoms with van der Waals surface area (Å²) in [7, 11) is 4.57. The number of hydrogen-bond donors (Lipinski definition) is 0. The summed E-state index contributed by atoms with van der Waals surface area (Å²) >= 11 is 0. The van der Waals surface area contributed by atoms with Crippen molar-refractivity contribution in [1.82, 2.24) is 0 Å². The van der Waals surface area contributed by atoms with Crippen molar-refractivity contribution in [2.45, 2.75) is 26.9 Å². The number of methoxy groups -OCH3 is 3. The number of benzene rings is 2. The second-order valence-electron chi connectivity index (χ2n) is 7.19. The van der Waals surface area contributed by atoms with Crippen molar-refractivity contribution in [2.24, 2.45) is 0 Å². The second kappa shape index (κ2) is 10.9. The zero-order valence-corrected chi connectivity index (χ0v) is 18.9. The minimum absolute atomic E-state index is 0.355. The minimum Gasteiger partial charge on any atom is -0.493 e. The van der Waals surface area contributed by atoms with E-state index in [1.165, 1.54) is 21.3 Å². The lowest BCUT2D eigenvalue weighted by Gasteiger charge is -2.38. The first-order valence-corrected chi connectivity index (χ1v) is 10.4. The molecule has 0 spiro atoms. The third-order valence-corrected chi connectivity index (χ3v) is 5.89. The van der Waals surface area contributed by atoms with E-state index in [2.05, 4.69) is 20.8 Å². The molecule has 0 radical (unpaired) electrons. The molecule has 2 aromatic rings. The Labute approximate surface area is 179 Å². The highest BCUT2D eigenvalue weighted by Gasteiger charge is 2.30. The quantitative estimate of drug-likeness (QED) is 0.399. The molecule has 0 aliphatic rings. The highest BCUT2D eigenvalue weighted by atomic mass is 16.5. The molecule has 0 aromatic heterocycles. The van der Waals surface area contributed by atoms with E-state index in [1.54, 1.807) is 12.1 Å². The molecule has 0 N–H and O–H groups in total. The number of esters is 1. The molecular weight excluding hydrogens is 382 g/mol. The molecule has 0 bridgehead atoms. The fourth-order valence-electron chi connectivity index (χ4n) is 3.68. The smallest absolute Gasteiger partial charge is 0.339 e. The van der Waals surface area contributed by atoms with Gasteiger partial charge in [-0.3, -0.25) is 0 Å². The van der Waals surface area contributed by atoms with Crippen LogP contribution in [-0.2, 0) is 4.74 Å². The first-order chi connectivity index (χ1) is 14.5.